The first-order chi connectivity index (χ1) is 28.2. The van der Waals surface area contributed by atoms with Crippen LogP contribution in [0, 0.1) is 0 Å². The lowest BCUT2D eigenvalue weighted by Crippen LogP contribution is -2.52. The van der Waals surface area contributed by atoms with E-state index in [4.69, 9.17) is 14.8 Å². The smallest absolute Gasteiger partial charge is 0.269 e. The molecule has 0 radical (unpaired) electrons. The molecule has 0 spiro atoms. The van der Waals surface area contributed by atoms with Gasteiger partial charge in [0.05, 0.1) is 17.4 Å². The minimum absolute atomic E-state index is 0.0575. The molecule has 4 aliphatic rings. The van der Waals surface area contributed by atoms with E-state index < -0.39 is 11.9 Å². The number of hydrogen-bond acceptors (Lipinski definition) is 10. The molecule has 2 saturated heterocycles. The Bertz CT molecular complexity index is 2470. The van der Waals surface area contributed by atoms with Crippen molar-refractivity contribution >= 4 is 46.0 Å². The average molecular weight is 782 g/mol. The molecule has 7 heterocycles. The van der Waals surface area contributed by atoms with Crippen molar-refractivity contribution in [2.75, 3.05) is 38.2 Å². The lowest BCUT2D eigenvalue weighted by atomic mass is 9.96. The van der Waals surface area contributed by atoms with Crippen LogP contribution in [0.25, 0.3) is 33.3 Å². The van der Waals surface area contributed by atoms with E-state index in [-0.39, 0.29) is 48.3 Å². The SMILES string of the molecule is CC(=O)N1CCc2c(c(-c3cccc4cc(-c5ccc(C(=O)NCCNc6cccc7c6CN(C6CCC(=O)NC6=O)C7=O)nc5)ncc34)nn2C2CCOCC2)C1. The van der Waals surface area contributed by atoms with Gasteiger partial charge in [0.15, 0.2) is 0 Å². The second kappa shape index (κ2) is 15.5. The molecule has 2 fully saturated rings. The number of amides is 5. The zero-order chi connectivity index (χ0) is 39.9. The Morgan fingerprint density at radius 3 is 2.52 bits per heavy atom. The van der Waals surface area contributed by atoms with Gasteiger partial charge in [-0.3, -0.25) is 43.9 Å². The molecule has 58 heavy (non-hydrogen) atoms. The molecule has 0 saturated carbocycles. The van der Waals surface area contributed by atoms with E-state index in [0.717, 1.165) is 69.4 Å². The second-order valence-electron chi connectivity index (χ2n) is 15.2. The van der Waals surface area contributed by atoms with Crippen molar-refractivity contribution in [3.63, 3.8) is 0 Å². The second-order valence-corrected chi connectivity index (χ2v) is 15.2. The number of piperidine rings is 1. The summed E-state index contributed by atoms with van der Waals surface area (Å²) < 4.78 is 7.84. The van der Waals surface area contributed by atoms with Gasteiger partial charge in [-0.1, -0.05) is 24.3 Å². The lowest BCUT2D eigenvalue weighted by molar-refractivity contribution is -0.137. The number of benzene rings is 2. The molecule has 3 N–H and O–H groups in total. The third-order valence-electron chi connectivity index (χ3n) is 11.7. The van der Waals surface area contributed by atoms with Gasteiger partial charge in [-0.15, -0.1) is 0 Å². The molecule has 9 rings (SSSR count). The number of nitrogens with zero attached hydrogens (tertiary/aromatic N) is 6. The Hall–Kier alpha value is -6.48. The highest BCUT2D eigenvalue weighted by atomic mass is 16.5. The van der Waals surface area contributed by atoms with Crippen molar-refractivity contribution in [3.05, 3.63) is 95.1 Å². The first kappa shape index (κ1) is 37.1. The Balaban J connectivity index is 0.859. The predicted molar refractivity (Wildman–Crippen MR) is 213 cm³/mol. The van der Waals surface area contributed by atoms with Crippen molar-refractivity contribution in [2.45, 2.75) is 64.2 Å². The fourth-order valence-corrected chi connectivity index (χ4v) is 8.59. The average Bonchev–Trinajstić information content (AvgIpc) is 3.80. The largest absolute Gasteiger partial charge is 0.383 e. The first-order valence-electron chi connectivity index (χ1n) is 19.8. The quantitative estimate of drug-likeness (QED) is 0.146. The molecule has 15 nitrogen and oxygen atoms in total. The van der Waals surface area contributed by atoms with Gasteiger partial charge in [-0.2, -0.15) is 5.10 Å². The number of pyridine rings is 2. The van der Waals surface area contributed by atoms with Crippen LogP contribution < -0.4 is 16.0 Å². The van der Waals surface area contributed by atoms with Crippen molar-refractivity contribution in [1.29, 1.82) is 0 Å². The number of anilines is 1. The highest BCUT2D eigenvalue weighted by Crippen LogP contribution is 2.38. The summed E-state index contributed by atoms with van der Waals surface area (Å²) in [6.07, 6.45) is 6.58. The molecule has 4 aliphatic heterocycles. The monoisotopic (exact) mass is 781 g/mol. The van der Waals surface area contributed by atoms with E-state index in [1.165, 1.54) is 10.6 Å². The van der Waals surface area contributed by atoms with Crippen LogP contribution in [0.4, 0.5) is 5.69 Å². The van der Waals surface area contributed by atoms with Gasteiger partial charge in [-0.25, -0.2) is 0 Å². The van der Waals surface area contributed by atoms with Crippen LogP contribution in [-0.2, 0) is 38.6 Å². The molecular weight excluding hydrogens is 739 g/mol. The topological polar surface area (TPSA) is 181 Å². The number of aromatic nitrogens is 4. The number of ether oxygens (including phenoxy) is 1. The maximum atomic E-state index is 13.2. The molecule has 15 heteroatoms. The van der Waals surface area contributed by atoms with Crippen molar-refractivity contribution < 1.29 is 28.7 Å². The number of imide groups is 1. The van der Waals surface area contributed by atoms with E-state index in [9.17, 15) is 24.0 Å². The van der Waals surface area contributed by atoms with E-state index in [1.807, 2.05) is 41.4 Å². The maximum absolute atomic E-state index is 13.2. The summed E-state index contributed by atoms with van der Waals surface area (Å²) >= 11 is 0. The number of carbonyl (C=O) groups excluding carboxylic acids is 5. The summed E-state index contributed by atoms with van der Waals surface area (Å²) in [5, 5.41) is 15.7. The van der Waals surface area contributed by atoms with Crippen LogP contribution in [0.15, 0.2) is 67.0 Å². The molecule has 1 atom stereocenters. The van der Waals surface area contributed by atoms with Crippen molar-refractivity contribution in [3.8, 4) is 22.5 Å². The minimum Gasteiger partial charge on any atom is -0.383 e. The predicted octanol–water partition coefficient (Wildman–Crippen LogP) is 4.02. The van der Waals surface area contributed by atoms with Crippen LogP contribution in [-0.4, -0.2) is 98.0 Å². The van der Waals surface area contributed by atoms with Crippen LogP contribution in [0.1, 0.15) is 76.3 Å². The Morgan fingerprint density at radius 2 is 1.72 bits per heavy atom. The van der Waals surface area contributed by atoms with Gasteiger partial charge < -0.3 is 25.2 Å². The third-order valence-corrected chi connectivity index (χ3v) is 11.7. The zero-order valence-electron chi connectivity index (χ0n) is 32.1. The third kappa shape index (κ3) is 6.95. The Labute approximate surface area is 334 Å². The van der Waals surface area contributed by atoms with E-state index in [2.05, 4.69) is 31.7 Å². The fraction of sp³-hybridized carbons (Fsp3) is 0.349. The lowest BCUT2D eigenvalue weighted by Gasteiger charge is -2.29. The number of rotatable bonds is 9. The van der Waals surface area contributed by atoms with Crippen LogP contribution >= 0.6 is 0 Å². The van der Waals surface area contributed by atoms with Gasteiger partial charge in [0.25, 0.3) is 11.8 Å². The summed E-state index contributed by atoms with van der Waals surface area (Å²) in [5.41, 5.74) is 7.95. The normalized spacial score (nSPS) is 18.2. The summed E-state index contributed by atoms with van der Waals surface area (Å²) in [4.78, 5) is 75.4. The summed E-state index contributed by atoms with van der Waals surface area (Å²) in [6.45, 7) is 5.20. The minimum atomic E-state index is -0.690. The van der Waals surface area contributed by atoms with Gasteiger partial charge in [-0.05, 0) is 55.0 Å². The number of fused-ring (bicyclic) bond motifs is 3. The number of nitrogens with one attached hydrogen (secondary N) is 3. The molecule has 5 aromatic rings. The van der Waals surface area contributed by atoms with Gasteiger partial charge >= 0.3 is 0 Å². The summed E-state index contributed by atoms with van der Waals surface area (Å²) in [6, 6.07) is 16.6. The molecule has 2 aromatic carbocycles. The Kier molecular flexibility index (Phi) is 9.89. The van der Waals surface area contributed by atoms with E-state index in [0.29, 0.717) is 51.4 Å². The van der Waals surface area contributed by atoms with E-state index in [1.54, 1.807) is 31.3 Å². The summed E-state index contributed by atoms with van der Waals surface area (Å²) in [7, 11) is 0. The zero-order valence-corrected chi connectivity index (χ0v) is 32.1. The van der Waals surface area contributed by atoms with Crippen molar-refractivity contribution in [2.24, 2.45) is 0 Å². The number of carbonyl (C=O) groups is 5. The van der Waals surface area contributed by atoms with Gasteiger partial charge in [0.1, 0.15) is 11.7 Å². The Morgan fingerprint density at radius 1 is 0.897 bits per heavy atom. The maximum Gasteiger partial charge on any atom is 0.269 e. The van der Waals surface area contributed by atoms with Gasteiger partial charge in [0, 0.05) is 123 Å². The molecular formula is C43H43N9O6. The molecule has 296 valence electrons. The van der Waals surface area contributed by atoms with E-state index >= 15 is 0 Å². The standard InChI is InChI=1S/C43H43N9O6/c1-25(53)50-17-12-37-33(23-50)40(49-52(37)28-13-18-58-19-14-28)29-5-2-4-26-20-36(47-22-31(26)29)27-8-9-35(46-21-27)41(55)45-16-15-44-34-7-3-6-30-32(34)24-51(43(30)57)38-10-11-39(54)48-42(38)56/h2-9,20-22,28,38,44H,10-19,23-24H2,1H3,(H,45,55)(H,48,54,56). The van der Waals surface area contributed by atoms with Crippen molar-refractivity contribution in [1.82, 2.24) is 40.2 Å². The number of hydrogen-bond donors (Lipinski definition) is 3. The van der Waals surface area contributed by atoms with Crippen LogP contribution in [0.2, 0.25) is 0 Å². The molecule has 3 aromatic heterocycles. The van der Waals surface area contributed by atoms with Crippen LogP contribution in [0.3, 0.4) is 0 Å². The molecule has 0 aliphatic carbocycles. The van der Waals surface area contributed by atoms with Gasteiger partial charge in [0.2, 0.25) is 17.7 Å². The molecule has 1 unspecified atom stereocenters. The fourth-order valence-electron chi connectivity index (χ4n) is 8.59. The van der Waals surface area contributed by atoms with Crippen LogP contribution in [0.5, 0.6) is 0 Å². The molecule has 0 bridgehead atoms. The summed E-state index contributed by atoms with van der Waals surface area (Å²) in [5.74, 6) is -1.29. The highest BCUT2D eigenvalue weighted by Gasteiger charge is 2.40. The first-order valence-corrected chi connectivity index (χ1v) is 19.8. The highest BCUT2D eigenvalue weighted by molar-refractivity contribution is 6.06. The molecule has 5 amide bonds.